The molecule has 11 heteroatoms. The van der Waals surface area contributed by atoms with Gasteiger partial charge in [-0.1, -0.05) is 24.3 Å². The molecule has 1 aromatic heterocycles. The number of β-amino-alcohol motifs (C(OH)–C–C–N with tert-alkyl or cyclic N) is 1. The molecular formula is C26H35N7O4. The van der Waals surface area contributed by atoms with Crippen LogP contribution >= 0.6 is 0 Å². The van der Waals surface area contributed by atoms with E-state index in [1.54, 1.807) is 17.9 Å². The summed E-state index contributed by atoms with van der Waals surface area (Å²) >= 11 is 0. The molecule has 2 saturated heterocycles. The molecule has 1 aromatic carbocycles. The molecule has 0 bridgehead atoms. The summed E-state index contributed by atoms with van der Waals surface area (Å²) in [5.74, 6) is 0.700. The van der Waals surface area contributed by atoms with Crippen molar-refractivity contribution >= 4 is 23.6 Å². The van der Waals surface area contributed by atoms with Crippen molar-refractivity contribution in [1.82, 2.24) is 25.1 Å². The Labute approximate surface area is 216 Å². The minimum atomic E-state index is -0.695. The molecular weight excluding hydrogens is 474 g/mol. The predicted octanol–water partition coefficient (Wildman–Crippen LogP) is 0.105. The zero-order valence-electron chi connectivity index (χ0n) is 21.2. The third-order valence-electron chi connectivity index (χ3n) is 7.12. The second-order valence-corrected chi connectivity index (χ2v) is 9.93. The van der Waals surface area contributed by atoms with Crippen LogP contribution in [0.25, 0.3) is 0 Å². The number of nitrogens with zero attached hydrogens (tertiary/aromatic N) is 5. The highest BCUT2D eigenvalue weighted by Gasteiger charge is 2.25. The number of ether oxygens (including phenoxy) is 1. The number of fused-ring (bicyclic) bond motifs is 1. The van der Waals surface area contributed by atoms with Crippen molar-refractivity contribution < 1.29 is 19.4 Å². The van der Waals surface area contributed by atoms with E-state index in [-0.39, 0.29) is 30.1 Å². The van der Waals surface area contributed by atoms with Crippen LogP contribution in [0.5, 0.6) is 0 Å². The number of piperazine rings is 1. The molecule has 2 amide bonds. The zero-order valence-corrected chi connectivity index (χ0v) is 21.2. The molecule has 0 unspecified atom stereocenters. The topological polar surface area (TPSA) is 123 Å². The Morgan fingerprint density at radius 3 is 2.57 bits per heavy atom. The molecule has 5 rings (SSSR count). The number of benzene rings is 1. The Hall–Kier alpha value is -3.28. The fraction of sp³-hybridized carbons (Fsp3) is 0.538. The van der Waals surface area contributed by atoms with Crippen LogP contribution in [0.2, 0.25) is 0 Å². The number of nitrogens with one attached hydrogen (secondary N) is 2. The van der Waals surface area contributed by atoms with Gasteiger partial charge in [-0.05, 0) is 17.5 Å². The van der Waals surface area contributed by atoms with E-state index >= 15 is 0 Å². The number of rotatable bonds is 8. The highest BCUT2D eigenvalue weighted by Crippen LogP contribution is 2.20. The number of aliphatic hydroxyl groups is 1. The average molecular weight is 510 g/mol. The van der Waals surface area contributed by atoms with Gasteiger partial charge in [0.05, 0.1) is 25.4 Å². The summed E-state index contributed by atoms with van der Waals surface area (Å²) < 4.78 is 5.25. The first-order chi connectivity index (χ1) is 17.9. The van der Waals surface area contributed by atoms with E-state index in [4.69, 9.17) is 4.74 Å². The van der Waals surface area contributed by atoms with E-state index < -0.39 is 6.10 Å². The van der Waals surface area contributed by atoms with Crippen molar-refractivity contribution in [3.05, 3.63) is 47.2 Å². The third-order valence-corrected chi connectivity index (χ3v) is 7.12. The van der Waals surface area contributed by atoms with E-state index in [9.17, 15) is 14.7 Å². The standard InChI is InChI=1S/C26H35N7O4/c1-18(34)32-8-10-33(11-9-32)26-29-23(12-24(30-26)28-21-16-37-17-21)25(36)27-13-22(35)15-31-7-6-19-4-2-3-5-20(19)14-31/h2-5,12,21-22,35H,6-11,13-17H2,1H3,(H,27,36)(H,28,29,30)/t22-/m0/s1. The summed E-state index contributed by atoms with van der Waals surface area (Å²) in [6.07, 6.45) is 0.265. The van der Waals surface area contributed by atoms with Crippen molar-refractivity contribution in [2.24, 2.45) is 0 Å². The van der Waals surface area contributed by atoms with Gasteiger partial charge in [-0.3, -0.25) is 14.5 Å². The lowest BCUT2D eigenvalue weighted by Gasteiger charge is -2.34. The van der Waals surface area contributed by atoms with Crippen molar-refractivity contribution in [2.45, 2.75) is 32.0 Å². The van der Waals surface area contributed by atoms with Crippen molar-refractivity contribution in [3.8, 4) is 0 Å². The normalized spacial score (nSPS) is 19.1. The number of carbonyl (C=O) groups excluding carboxylic acids is 2. The molecule has 3 aliphatic heterocycles. The van der Waals surface area contributed by atoms with Gasteiger partial charge in [0.1, 0.15) is 11.5 Å². The van der Waals surface area contributed by atoms with Crippen molar-refractivity contribution in [3.63, 3.8) is 0 Å². The SMILES string of the molecule is CC(=O)N1CCN(c2nc(NC3COC3)cc(C(=O)NC[C@H](O)CN3CCc4ccccc4C3)n2)CC1. The summed E-state index contributed by atoms with van der Waals surface area (Å²) in [6.45, 7) is 7.40. The predicted molar refractivity (Wildman–Crippen MR) is 138 cm³/mol. The lowest BCUT2D eigenvalue weighted by molar-refractivity contribution is -0.129. The van der Waals surface area contributed by atoms with Crippen LogP contribution in [-0.4, -0.2) is 108 Å². The monoisotopic (exact) mass is 509 g/mol. The Morgan fingerprint density at radius 2 is 1.86 bits per heavy atom. The van der Waals surface area contributed by atoms with Crippen LogP contribution in [0.3, 0.4) is 0 Å². The summed E-state index contributed by atoms with van der Waals surface area (Å²) in [5.41, 5.74) is 2.89. The molecule has 2 aromatic rings. The van der Waals surface area contributed by atoms with Gasteiger partial charge in [0.15, 0.2) is 0 Å². The van der Waals surface area contributed by atoms with Crippen LogP contribution in [0, 0.1) is 0 Å². The first-order valence-electron chi connectivity index (χ1n) is 12.9. The van der Waals surface area contributed by atoms with E-state index in [1.807, 2.05) is 11.0 Å². The molecule has 0 saturated carbocycles. The summed E-state index contributed by atoms with van der Waals surface area (Å²) in [5, 5.41) is 16.8. The molecule has 3 aliphatic rings. The van der Waals surface area contributed by atoms with Gasteiger partial charge in [-0.15, -0.1) is 0 Å². The molecule has 4 heterocycles. The molecule has 37 heavy (non-hydrogen) atoms. The number of amides is 2. The molecule has 0 aliphatic carbocycles. The molecule has 0 spiro atoms. The summed E-state index contributed by atoms with van der Waals surface area (Å²) in [6, 6.07) is 10.2. The Morgan fingerprint density at radius 1 is 1.11 bits per heavy atom. The van der Waals surface area contributed by atoms with Gasteiger partial charge in [-0.2, -0.15) is 4.98 Å². The van der Waals surface area contributed by atoms with E-state index in [0.29, 0.717) is 57.7 Å². The van der Waals surface area contributed by atoms with Crippen LogP contribution in [-0.2, 0) is 22.5 Å². The molecule has 198 valence electrons. The number of hydrogen-bond donors (Lipinski definition) is 3. The van der Waals surface area contributed by atoms with Crippen LogP contribution in [0.1, 0.15) is 28.5 Å². The van der Waals surface area contributed by atoms with Gasteiger partial charge in [0.25, 0.3) is 5.91 Å². The highest BCUT2D eigenvalue weighted by molar-refractivity contribution is 5.93. The average Bonchev–Trinajstić information content (AvgIpc) is 2.89. The third kappa shape index (κ3) is 6.35. The minimum absolute atomic E-state index is 0.0494. The molecule has 0 radical (unpaired) electrons. The molecule has 11 nitrogen and oxygen atoms in total. The quantitative estimate of drug-likeness (QED) is 0.455. The Bertz CT molecular complexity index is 1120. The maximum atomic E-state index is 13.1. The summed E-state index contributed by atoms with van der Waals surface area (Å²) in [7, 11) is 0. The number of hydrogen-bond acceptors (Lipinski definition) is 9. The van der Waals surface area contributed by atoms with E-state index in [1.165, 1.54) is 11.1 Å². The van der Waals surface area contributed by atoms with Gasteiger partial charge >= 0.3 is 0 Å². The number of carbonyl (C=O) groups is 2. The fourth-order valence-corrected chi connectivity index (χ4v) is 4.89. The lowest BCUT2D eigenvalue weighted by Crippen LogP contribution is -2.49. The Kier molecular flexibility index (Phi) is 7.82. The second kappa shape index (κ2) is 11.4. The molecule has 2 fully saturated rings. The first-order valence-corrected chi connectivity index (χ1v) is 12.9. The van der Waals surface area contributed by atoms with E-state index in [2.05, 4.69) is 43.7 Å². The van der Waals surface area contributed by atoms with Gasteiger partial charge in [0, 0.05) is 65.3 Å². The number of aromatic nitrogens is 2. The lowest BCUT2D eigenvalue weighted by atomic mass is 10.00. The smallest absolute Gasteiger partial charge is 0.270 e. The minimum Gasteiger partial charge on any atom is -0.390 e. The van der Waals surface area contributed by atoms with Crippen LogP contribution in [0.4, 0.5) is 11.8 Å². The maximum Gasteiger partial charge on any atom is 0.270 e. The molecule has 3 N–H and O–H groups in total. The van der Waals surface area contributed by atoms with Crippen LogP contribution in [0.15, 0.2) is 30.3 Å². The fourth-order valence-electron chi connectivity index (χ4n) is 4.89. The number of anilines is 2. The van der Waals surface area contributed by atoms with Crippen LogP contribution < -0.4 is 15.5 Å². The van der Waals surface area contributed by atoms with Gasteiger partial charge in [0.2, 0.25) is 11.9 Å². The van der Waals surface area contributed by atoms with Crippen molar-refractivity contribution in [2.75, 3.05) is 69.2 Å². The first kappa shape index (κ1) is 25.4. The van der Waals surface area contributed by atoms with Gasteiger partial charge < -0.3 is 30.3 Å². The Balaban J connectivity index is 1.20. The van der Waals surface area contributed by atoms with E-state index in [0.717, 1.165) is 19.5 Å². The highest BCUT2D eigenvalue weighted by atomic mass is 16.5. The maximum absolute atomic E-state index is 13.1. The molecule has 1 atom stereocenters. The zero-order chi connectivity index (χ0) is 25.8. The second-order valence-electron chi connectivity index (χ2n) is 9.93. The van der Waals surface area contributed by atoms with Gasteiger partial charge in [-0.25, -0.2) is 4.98 Å². The largest absolute Gasteiger partial charge is 0.390 e. The number of aliphatic hydroxyl groups excluding tert-OH is 1. The summed E-state index contributed by atoms with van der Waals surface area (Å²) in [4.78, 5) is 39.9. The van der Waals surface area contributed by atoms with Crippen molar-refractivity contribution in [1.29, 1.82) is 0 Å².